The van der Waals surface area contributed by atoms with Gasteiger partial charge in [-0.2, -0.15) is 0 Å². The molecule has 1 fully saturated rings. The van der Waals surface area contributed by atoms with Crippen molar-refractivity contribution in [3.63, 3.8) is 0 Å². The molecule has 0 radical (unpaired) electrons. The fourth-order valence-corrected chi connectivity index (χ4v) is 2.87. The monoisotopic (exact) mass is 319 g/mol. The van der Waals surface area contributed by atoms with Gasteiger partial charge in [0.05, 0.1) is 11.4 Å². The Hall–Kier alpha value is -1.92. The van der Waals surface area contributed by atoms with Gasteiger partial charge in [0, 0.05) is 24.7 Å². The second kappa shape index (κ2) is 6.06. The van der Waals surface area contributed by atoms with Gasteiger partial charge in [0.15, 0.2) is 5.69 Å². The molecule has 0 saturated carbocycles. The van der Waals surface area contributed by atoms with Crippen LogP contribution in [0.1, 0.15) is 22.6 Å². The normalized spacial score (nSPS) is 17.7. The van der Waals surface area contributed by atoms with Crippen molar-refractivity contribution in [2.45, 2.75) is 19.4 Å². The van der Waals surface area contributed by atoms with Crippen LogP contribution >= 0.6 is 11.6 Å². The second-order valence-electron chi connectivity index (χ2n) is 5.48. The van der Waals surface area contributed by atoms with Crippen LogP contribution in [0.4, 0.5) is 0 Å². The van der Waals surface area contributed by atoms with Crippen molar-refractivity contribution in [3.05, 3.63) is 40.7 Å². The molecule has 116 valence electrons. The summed E-state index contributed by atoms with van der Waals surface area (Å²) in [5, 5.41) is 12.1. The van der Waals surface area contributed by atoms with Crippen molar-refractivity contribution < 1.29 is 4.79 Å². The summed E-state index contributed by atoms with van der Waals surface area (Å²) in [5.74, 6) is -0.0977. The molecule has 22 heavy (non-hydrogen) atoms. The van der Waals surface area contributed by atoms with E-state index in [1.54, 1.807) is 21.7 Å². The van der Waals surface area contributed by atoms with Gasteiger partial charge in [0.2, 0.25) is 0 Å². The molecule has 7 heteroatoms. The lowest BCUT2D eigenvalue weighted by molar-refractivity contribution is 0.0737. The van der Waals surface area contributed by atoms with E-state index in [9.17, 15) is 4.79 Å². The van der Waals surface area contributed by atoms with Crippen LogP contribution in [-0.2, 0) is 0 Å². The van der Waals surface area contributed by atoms with E-state index < -0.39 is 0 Å². The molecule has 1 saturated heterocycles. The summed E-state index contributed by atoms with van der Waals surface area (Å²) in [4.78, 5) is 14.4. The predicted octanol–water partition coefficient (Wildman–Crippen LogP) is 1.66. The largest absolute Gasteiger partial charge is 0.336 e. The lowest BCUT2D eigenvalue weighted by Gasteiger charge is -2.22. The van der Waals surface area contributed by atoms with Crippen LogP contribution in [0, 0.1) is 6.92 Å². The molecule has 1 aromatic carbocycles. The van der Waals surface area contributed by atoms with Gasteiger partial charge >= 0.3 is 0 Å². The molecule has 0 unspecified atom stereocenters. The maximum atomic E-state index is 12.6. The number of carbonyl (C=O) groups excluding carboxylic acids is 1. The number of carbonyl (C=O) groups is 1. The van der Waals surface area contributed by atoms with Crippen molar-refractivity contribution in [2.75, 3.05) is 20.1 Å². The fraction of sp³-hybridized carbons (Fsp3) is 0.400. The molecule has 1 N–H and O–H groups in total. The molecule has 0 spiro atoms. The van der Waals surface area contributed by atoms with Gasteiger partial charge in [-0.25, -0.2) is 4.68 Å². The van der Waals surface area contributed by atoms with E-state index in [1.165, 1.54) is 0 Å². The first-order chi connectivity index (χ1) is 10.6. The fourth-order valence-electron chi connectivity index (χ4n) is 2.68. The van der Waals surface area contributed by atoms with Gasteiger partial charge in [0.1, 0.15) is 0 Å². The first kappa shape index (κ1) is 15.0. The molecule has 1 aliphatic rings. The molecule has 2 heterocycles. The van der Waals surface area contributed by atoms with Gasteiger partial charge in [-0.1, -0.05) is 22.9 Å². The maximum Gasteiger partial charge on any atom is 0.276 e. The topological polar surface area (TPSA) is 63.1 Å². The first-order valence-corrected chi connectivity index (χ1v) is 7.62. The summed E-state index contributed by atoms with van der Waals surface area (Å²) in [6.07, 6.45) is 0.962. The van der Waals surface area contributed by atoms with Crippen molar-refractivity contribution >= 4 is 17.5 Å². The number of aromatic nitrogens is 3. The second-order valence-corrected chi connectivity index (χ2v) is 5.91. The summed E-state index contributed by atoms with van der Waals surface area (Å²) in [6, 6.07) is 7.53. The Kier molecular flexibility index (Phi) is 4.13. The van der Waals surface area contributed by atoms with E-state index in [0.29, 0.717) is 16.4 Å². The third-order valence-corrected chi connectivity index (χ3v) is 4.29. The highest BCUT2D eigenvalue weighted by atomic mass is 35.5. The molecule has 0 bridgehead atoms. The average molecular weight is 320 g/mol. The molecule has 6 nitrogen and oxygen atoms in total. The van der Waals surface area contributed by atoms with E-state index in [-0.39, 0.29) is 11.9 Å². The summed E-state index contributed by atoms with van der Waals surface area (Å²) in [5.41, 5.74) is 1.89. The zero-order valence-corrected chi connectivity index (χ0v) is 13.3. The molecule has 1 aromatic heterocycles. The van der Waals surface area contributed by atoms with E-state index >= 15 is 0 Å². The number of hydrogen-bond donors (Lipinski definition) is 1. The van der Waals surface area contributed by atoms with Crippen LogP contribution < -0.4 is 5.32 Å². The number of amides is 1. The Morgan fingerprint density at radius 1 is 1.50 bits per heavy atom. The van der Waals surface area contributed by atoms with E-state index in [1.807, 2.05) is 26.1 Å². The number of likely N-dealkylation sites (N-methyl/N-ethyl adjacent to an activating group) is 1. The number of nitrogens with one attached hydrogen (secondary N) is 1. The minimum absolute atomic E-state index is 0.0977. The molecule has 1 amide bonds. The predicted molar refractivity (Wildman–Crippen MR) is 84.5 cm³/mol. The van der Waals surface area contributed by atoms with Gasteiger partial charge in [-0.15, -0.1) is 5.10 Å². The molecular weight excluding hydrogens is 302 g/mol. The van der Waals surface area contributed by atoms with Crippen LogP contribution in [0.3, 0.4) is 0 Å². The third kappa shape index (κ3) is 2.71. The summed E-state index contributed by atoms with van der Waals surface area (Å²) < 4.78 is 1.64. The maximum absolute atomic E-state index is 12.6. The summed E-state index contributed by atoms with van der Waals surface area (Å²) >= 11 is 6.01. The quantitative estimate of drug-likeness (QED) is 0.934. The van der Waals surface area contributed by atoms with Crippen molar-refractivity contribution in [1.82, 2.24) is 25.2 Å². The minimum Gasteiger partial charge on any atom is -0.336 e. The highest BCUT2D eigenvalue weighted by molar-refractivity contribution is 6.30. The molecule has 2 aromatic rings. The standard InChI is InChI=1S/C15H18ClN5O/c1-10-14(15(22)20(2)13-6-7-17-9-13)18-19-21(10)12-5-3-4-11(16)8-12/h3-5,8,13,17H,6-7,9H2,1-2H3/t13-/m1/s1. The van der Waals surface area contributed by atoms with E-state index in [2.05, 4.69) is 15.6 Å². The van der Waals surface area contributed by atoms with Gasteiger partial charge in [-0.3, -0.25) is 4.79 Å². The molecule has 1 aliphatic heterocycles. The van der Waals surface area contributed by atoms with Crippen LogP contribution in [0.2, 0.25) is 5.02 Å². The Labute approximate surface area is 134 Å². The molecular formula is C15H18ClN5O. The van der Waals surface area contributed by atoms with Crippen LogP contribution in [0.5, 0.6) is 0 Å². The SMILES string of the molecule is Cc1c(C(=O)N(C)[C@@H]2CCNC2)nnn1-c1cccc(Cl)c1. The first-order valence-electron chi connectivity index (χ1n) is 7.24. The number of hydrogen-bond acceptors (Lipinski definition) is 4. The van der Waals surface area contributed by atoms with E-state index in [0.717, 1.165) is 25.2 Å². The number of benzene rings is 1. The van der Waals surface area contributed by atoms with Crippen molar-refractivity contribution in [1.29, 1.82) is 0 Å². The zero-order valence-electron chi connectivity index (χ0n) is 12.6. The zero-order chi connectivity index (χ0) is 15.7. The summed E-state index contributed by atoms with van der Waals surface area (Å²) in [7, 11) is 1.82. The van der Waals surface area contributed by atoms with E-state index in [4.69, 9.17) is 11.6 Å². The lowest BCUT2D eigenvalue weighted by atomic mass is 10.2. The van der Waals surface area contributed by atoms with Crippen LogP contribution in [-0.4, -0.2) is 52.0 Å². The average Bonchev–Trinajstić information content (AvgIpc) is 3.15. The van der Waals surface area contributed by atoms with Gasteiger partial charge in [0.25, 0.3) is 5.91 Å². The Bertz CT molecular complexity index is 693. The smallest absolute Gasteiger partial charge is 0.276 e. The highest BCUT2D eigenvalue weighted by Gasteiger charge is 2.27. The Balaban J connectivity index is 1.88. The third-order valence-electron chi connectivity index (χ3n) is 4.05. The van der Waals surface area contributed by atoms with Crippen molar-refractivity contribution in [2.24, 2.45) is 0 Å². The highest BCUT2D eigenvalue weighted by Crippen LogP contribution is 2.18. The Morgan fingerprint density at radius 3 is 3.00 bits per heavy atom. The van der Waals surface area contributed by atoms with Crippen LogP contribution in [0.25, 0.3) is 5.69 Å². The Morgan fingerprint density at radius 2 is 2.32 bits per heavy atom. The molecule has 1 atom stereocenters. The van der Waals surface area contributed by atoms with Crippen molar-refractivity contribution in [3.8, 4) is 5.69 Å². The van der Waals surface area contributed by atoms with Crippen LogP contribution in [0.15, 0.2) is 24.3 Å². The van der Waals surface area contributed by atoms with Gasteiger partial charge < -0.3 is 10.2 Å². The van der Waals surface area contributed by atoms with Gasteiger partial charge in [-0.05, 0) is 38.1 Å². The molecule has 3 rings (SSSR count). The lowest BCUT2D eigenvalue weighted by Crippen LogP contribution is -2.38. The minimum atomic E-state index is -0.0977. The molecule has 0 aliphatic carbocycles. The number of rotatable bonds is 3. The number of halogens is 1. The number of nitrogens with zero attached hydrogens (tertiary/aromatic N) is 4. The summed E-state index contributed by atoms with van der Waals surface area (Å²) in [6.45, 7) is 3.61.